The van der Waals surface area contributed by atoms with Crippen molar-refractivity contribution in [2.75, 3.05) is 0 Å². The van der Waals surface area contributed by atoms with Crippen molar-refractivity contribution in [3.8, 4) is 6.07 Å². The molecule has 64 valence electrons. The van der Waals surface area contributed by atoms with Crippen molar-refractivity contribution in [3.63, 3.8) is 0 Å². The number of nitriles is 1. The lowest BCUT2D eigenvalue weighted by atomic mass is 9.99. The monoisotopic (exact) mass is 171 g/mol. The highest BCUT2D eigenvalue weighted by Crippen LogP contribution is 2.27. The van der Waals surface area contributed by atoms with Gasteiger partial charge in [-0.25, -0.2) is 0 Å². The summed E-state index contributed by atoms with van der Waals surface area (Å²) in [4.78, 5) is 11.4. The highest BCUT2D eigenvalue weighted by molar-refractivity contribution is 6.02. The van der Waals surface area contributed by atoms with Crippen LogP contribution in [-0.2, 0) is 6.42 Å². The van der Waals surface area contributed by atoms with Gasteiger partial charge in [0.2, 0.25) is 0 Å². The summed E-state index contributed by atoms with van der Waals surface area (Å²) in [6.45, 7) is 1.92. The molecule has 13 heavy (non-hydrogen) atoms. The Hall–Kier alpha value is -1.62. The van der Waals surface area contributed by atoms with E-state index in [0.717, 1.165) is 23.1 Å². The van der Waals surface area contributed by atoms with Crippen LogP contribution in [0.25, 0.3) is 0 Å². The predicted molar refractivity (Wildman–Crippen MR) is 48.5 cm³/mol. The van der Waals surface area contributed by atoms with Crippen molar-refractivity contribution in [3.05, 3.63) is 34.4 Å². The van der Waals surface area contributed by atoms with Crippen LogP contribution in [-0.4, -0.2) is 5.78 Å². The summed E-state index contributed by atoms with van der Waals surface area (Å²) in [5.41, 5.74) is 3.40. The zero-order valence-electron chi connectivity index (χ0n) is 7.42. The first-order valence-electron chi connectivity index (χ1n) is 4.30. The van der Waals surface area contributed by atoms with E-state index in [1.54, 1.807) is 6.07 Å². The first kappa shape index (κ1) is 8.00. The van der Waals surface area contributed by atoms with Crippen molar-refractivity contribution >= 4 is 5.78 Å². The summed E-state index contributed by atoms with van der Waals surface area (Å²) in [5.74, 6) is 0.185. The minimum absolute atomic E-state index is 0.185. The summed E-state index contributed by atoms with van der Waals surface area (Å²) in [5, 5.41) is 8.82. The smallest absolute Gasteiger partial charge is 0.163 e. The Morgan fingerprint density at radius 2 is 2.15 bits per heavy atom. The Morgan fingerprint density at radius 3 is 2.85 bits per heavy atom. The van der Waals surface area contributed by atoms with Crippen LogP contribution in [0.4, 0.5) is 0 Å². The number of fused-ring (bicyclic) bond motifs is 1. The van der Waals surface area contributed by atoms with E-state index in [1.165, 1.54) is 0 Å². The molecule has 0 saturated heterocycles. The number of hydrogen-bond acceptors (Lipinski definition) is 2. The van der Waals surface area contributed by atoms with Crippen molar-refractivity contribution in [1.29, 1.82) is 5.26 Å². The van der Waals surface area contributed by atoms with Gasteiger partial charge in [-0.15, -0.1) is 0 Å². The number of ketones is 1. The van der Waals surface area contributed by atoms with Crippen molar-refractivity contribution < 1.29 is 4.79 Å². The van der Waals surface area contributed by atoms with Gasteiger partial charge in [0.15, 0.2) is 5.78 Å². The highest BCUT2D eigenvalue weighted by atomic mass is 16.1. The molecular weight excluding hydrogens is 162 g/mol. The molecule has 0 bridgehead atoms. The van der Waals surface area contributed by atoms with Crippen LogP contribution < -0.4 is 0 Å². The third kappa shape index (κ3) is 1.05. The number of Topliss-reactive ketones (excluding diaryl/α,β-unsaturated/α-hetero) is 1. The lowest BCUT2D eigenvalue weighted by Crippen LogP contribution is -1.96. The standard InChI is InChI=1S/C11H9NO/c1-7-2-3-8(6-12)9-4-5-10(13)11(7)9/h2-3H,4-5H2,1H3. The largest absolute Gasteiger partial charge is 0.294 e. The quantitative estimate of drug-likeness (QED) is 0.599. The van der Waals surface area contributed by atoms with Gasteiger partial charge in [-0.1, -0.05) is 6.07 Å². The minimum atomic E-state index is 0.185. The molecule has 1 aliphatic carbocycles. The topological polar surface area (TPSA) is 40.9 Å². The molecule has 2 heteroatoms. The van der Waals surface area contributed by atoms with Gasteiger partial charge in [-0.05, 0) is 30.5 Å². The van der Waals surface area contributed by atoms with E-state index in [9.17, 15) is 4.79 Å². The van der Waals surface area contributed by atoms with Gasteiger partial charge in [-0.3, -0.25) is 4.79 Å². The second-order valence-electron chi connectivity index (χ2n) is 3.32. The molecule has 0 aromatic heterocycles. The number of rotatable bonds is 0. The Kier molecular flexibility index (Phi) is 1.66. The second-order valence-corrected chi connectivity index (χ2v) is 3.32. The van der Waals surface area contributed by atoms with Gasteiger partial charge in [0.05, 0.1) is 11.6 Å². The maximum atomic E-state index is 11.4. The molecule has 0 aliphatic heterocycles. The van der Waals surface area contributed by atoms with Crippen LogP contribution >= 0.6 is 0 Å². The first-order chi connectivity index (χ1) is 6.24. The van der Waals surface area contributed by atoms with E-state index in [-0.39, 0.29) is 5.78 Å². The Morgan fingerprint density at radius 1 is 1.38 bits per heavy atom. The number of nitrogens with zero attached hydrogens (tertiary/aromatic N) is 1. The lowest BCUT2D eigenvalue weighted by molar-refractivity contribution is 0.0994. The van der Waals surface area contributed by atoms with E-state index in [2.05, 4.69) is 6.07 Å². The molecule has 0 N–H and O–H groups in total. The maximum absolute atomic E-state index is 11.4. The van der Waals surface area contributed by atoms with Gasteiger partial charge in [0.25, 0.3) is 0 Å². The summed E-state index contributed by atoms with van der Waals surface area (Å²) < 4.78 is 0. The molecule has 0 fully saturated rings. The molecule has 0 atom stereocenters. The van der Waals surface area contributed by atoms with Crippen molar-refractivity contribution in [1.82, 2.24) is 0 Å². The number of carbonyl (C=O) groups is 1. The fraction of sp³-hybridized carbons (Fsp3) is 0.273. The van der Waals surface area contributed by atoms with Crippen molar-refractivity contribution in [2.24, 2.45) is 0 Å². The normalized spacial score (nSPS) is 14.0. The van der Waals surface area contributed by atoms with Gasteiger partial charge in [0, 0.05) is 12.0 Å². The Balaban J connectivity index is 2.74. The fourth-order valence-corrected chi connectivity index (χ4v) is 1.88. The fourth-order valence-electron chi connectivity index (χ4n) is 1.88. The van der Waals surface area contributed by atoms with E-state index < -0.39 is 0 Å². The summed E-state index contributed by atoms with van der Waals surface area (Å²) >= 11 is 0. The van der Waals surface area contributed by atoms with Crippen LogP contribution in [0, 0.1) is 18.3 Å². The van der Waals surface area contributed by atoms with Gasteiger partial charge in [0.1, 0.15) is 0 Å². The molecule has 0 unspecified atom stereocenters. The van der Waals surface area contributed by atoms with Gasteiger partial charge >= 0.3 is 0 Å². The maximum Gasteiger partial charge on any atom is 0.163 e. The van der Waals surface area contributed by atoms with E-state index in [1.807, 2.05) is 13.0 Å². The molecule has 0 amide bonds. The third-order valence-electron chi connectivity index (χ3n) is 2.52. The van der Waals surface area contributed by atoms with Crippen molar-refractivity contribution in [2.45, 2.75) is 19.8 Å². The van der Waals surface area contributed by atoms with E-state index >= 15 is 0 Å². The van der Waals surface area contributed by atoms with Crippen LogP contribution in [0.3, 0.4) is 0 Å². The van der Waals surface area contributed by atoms with Crippen LogP contribution in [0.5, 0.6) is 0 Å². The van der Waals surface area contributed by atoms with Gasteiger partial charge < -0.3 is 0 Å². The van der Waals surface area contributed by atoms with Gasteiger partial charge in [-0.2, -0.15) is 5.26 Å². The molecule has 0 saturated carbocycles. The molecule has 1 aromatic rings. The zero-order chi connectivity index (χ0) is 9.42. The zero-order valence-corrected chi connectivity index (χ0v) is 7.42. The predicted octanol–water partition coefficient (Wildman–Crippen LogP) is 2.00. The van der Waals surface area contributed by atoms with E-state index in [4.69, 9.17) is 5.26 Å². The average molecular weight is 171 g/mol. The third-order valence-corrected chi connectivity index (χ3v) is 2.52. The van der Waals surface area contributed by atoms with Crippen LogP contribution in [0.15, 0.2) is 12.1 Å². The SMILES string of the molecule is Cc1ccc(C#N)c2c1C(=O)CC2. The lowest BCUT2D eigenvalue weighted by Gasteiger charge is -2.03. The summed E-state index contributed by atoms with van der Waals surface area (Å²) in [6, 6.07) is 5.77. The van der Waals surface area contributed by atoms with E-state index in [0.29, 0.717) is 12.0 Å². The molecule has 0 heterocycles. The molecule has 0 radical (unpaired) electrons. The molecule has 2 nitrogen and oxygen atoms in total. The summed E-state index contributed by atoms with van der Waals surface area (Å²) in [7, 11) is 0. The number of aryl methyl sites for hydroxylation is 1. The molecular formula is C11H9NO. The molecule has 0 spiro atoms. The number of hydrogen-bond donors (Lipinski definition) is 0. The van der Waals surface area contributed by atoms with Crippen LogP contribution in [0.2, 0.25) is 0 Å². The average Bonchev–Trinajstić information content (AvgIpc) is 2.50. The number of carbonyl (C=O) groups excluding carboxylic acids is 1. The minimum Gasteiger partial charge on any atom is -0.294 e. The number of benzene rings is 1. The highest BCUT2D eigenvalue weighted by Gasteiger charge is 2.23. The Bertz CT molecular complexity index is 426. The Labute approximate surface area is 76.8 Å². The van der Waals surface area contributed by atoms with Crippen LogP contribution in [0.1, 0.15) is 33.5 Å². The molecule has 1 aliphatic rings. The second kappa shape index (κ2) is 2.70. The molecule has 1 aromatic carbocycles. The first-order valence-corrected chi connectivity index (χ1v) is 4.30. The molecule has 2 rings (SSSR count). The summed E-state index contributed by atoms with van der Waals surface area (Å²) in [6.07, 6.45) is 1.30.